The van der Waals surface area contributed by atoms with Crippen molar-refractivity contribution in [1.82, 2.24) is 4.57 Å². The number of aromatic nitrogens is 1. The molecule has 3 atom stereocenters. The van der Waals surface area contributed by atoms with Gasteiger partial charge in [-0.3, -0.25) is 4.79 Å². The molecule has 1 saturated carbocycles. The van der Waals surface area contributed by atoms with Gasteiger partial charge in [-0.2, -0.15) is 0 Å². The van der Waals surface area contributed by atoms with Crippen molar-refractivity contribution in [2.75, 3.05) is 0 Å². The zero-order chi connectivity index (χ0) is 21.3. The quantitative estimate of drug-likeness (QED) is 0.536. The first-order chi connectivity index (χ1) is 15.0. The summed E-state index contributed by atoms with van der Waals surface area (Å²) in [7, 11) is -3.46. The number of primary amides is 1. The van der Waals surface area contributed by atoms with E-state index in [9.17, 15) is 13.2 Å². The number of carbonyl (C=O) groups excluding carboxylic acids is 1. The van der Waals surface area contributed by atoms with Gasteiger partial charge in [0.25, 0.3) is 0 Å². The molecular formula is C25H20N2O3S. The zero-order valence-electron chi connectivity index (χ0n) is 16.6. The van der Waals surface area contributed by atoms with Gasteiger partial charge in [0.1, 0.15) is 0 Å². The SMILES string of the molecule is NC(=O)c1ccc2cc3n(c2c1)CC1C(c2ccccc2-3)C1S(=O)(=O)c1ccccc1. The van der Waals surface area contributed by atoms with Crippen molar-refractivity contribution < 1.29 is 13.2 Å². The third-order valence-corrected chi connectivity index (χ3v) is 8.99. The molecule has 154 valence electrons. The molecule has 0 saturated heterocycles. The van der Waals surface area contributed by atoms with Crippen LogP contribution in [0.3, 0.4) is 0 Å². The van der Waals surface area contributed by atoms with Crippen LogP contribution in [0.1, 0.15) is 21.8 Å². The third kappa shape index (κ3) is 2.61. The summed E-state index contributed by atoms with van der Waals surface area (Å²) < 4.78 is 29.1. The highest BCUT2D eigenvalue weighted by molar-refractivity contribution is 7.92. The maximum absolute atomic E-state index is 13.5. The van der Waals surface area contributed by atoms with E-state index in [1.165, 1.54) is 0 Å². The van der Waals surface area contributed by atoms with Crippen LogP contribution in [0.2, 0.25) is 0 Å². The van der Waals surface area contributed by atoms with Gasteiger partial charge in [-0.25, -0.2) is 8.42 Å². The zero-order valence-corrected chi connectivity index (χ0v) is 17.4. The largest absolute Gasteiger partial charge is 0.366 e. The van der Waals surface area contributed by atoms with Crippen molar-refractivity contribution in [3.05, 3.63) is 90.0 Å². The summed E-state index contributed by atoms with van der Waals surface area (Å²) in [4.78, 5) is 12.1. The van der Waals surface area contributed by atoms with Gasteiger partial charge >= 0.3 is 0 Å². The van der Waals surface area contributed by atoms with Gasteiger partial charge in [-0.1, -0.05) is 48.5 Å². The Balaban J connectivity index is 1.54. The molecule has 4 aromatic rings. The molecular weight excluding hydrogens is 408 g/mol. The minimum Gasteiger partial charge on any atom is -0.366 e. The first-order valence-corrected chi connectivity index (χ1v) is 11.8. The van der Waals surface area contributed by atoms with Gasteiger partial charge in [-0.15, -0.1) is 0 Å². The third-order valence-electron chi connectivity index (χ3n) is 6.70. The lowest BCUT2D eigenvalue weighted by molar-refractivity contribution is 0.100. The molecule has 0 spiro atoms. The van der Waals surface area contributed by atoms with Gasteiger partial charge in [0.2, 0.25) is 5.91 Å². The molecule has 1 fully saturated rings. The average molecular weight is 429 g/mol. The second kappa shape index (κ2) is 6.31. The molecule has 0 bridgehead atoms. The Hall–Kier alpha value is -3.38. The number of sulfone groups is 1. The van der Waals surface area contributed by atoms with Crippen LogP contribution < -0.4 is 5.73 Å². The van der Waals surface area contributed by atoms with Crippen molar-refractivity contribution in [1.29, 1.82) is 0 Å². The number of rotatable bonds is 3. The van der Waals surface area contributed by atoms with Crippen molar-refractivity contribution in [3.63, 3.8) is 0 Å². The molecule has 0 radical (unpaired) electrons. The van der Waals surface area contributed by atoms with E-state index in [0.717, 1.165) is 27.7 Å². The van der Waals surface area contributed by atoms with E-state index in [1.54, 1.807) is 30.3 Å². The summed E-state index contributed by atoms with van der Waals surface area (Å²) in [6, 6.07) is 24.3. The van der Waals surface area contributed by atoms with Crippen LogP contribution >= 0.6 is 0 Å². The van der Waals surface area contributed by atoms with Crippen molar-refractivity contribution in [2.45, 2.75) is 22.6 Å². The van der Waals surface area contributed by atoms with E-state index in [0.29, 0.717) is 17.0 Å². The number of hydrogen-bond donors (Lipinski definition) is 1. The molecule has 1 aliphatic heterocycles. The molecule has 2 heterocycles. The van der Waals surface area contributed by atoms with Crippen molar-refractivity contribution in [3.8, 4) is 11.3 Å². The van der Waals surface area contributed by atoms with E-state index in [4.69, 9.17) is 5.73 Å². The average Bonchev–Trinajstić information content (AvgIpc) is 3.43. The van der Waals surface area contributed by atoms with Crippen LogP contribution in [0.15, 0.2) is 83.8 Å². The first kappa shape index (κ1) is 18.4. The Morgan fingerprint density at radius 3 is 2.45 bits per heavy atom. The molecule has 31 heavy (non-hydrogen) atoms. The Morgan fingerprint density at radius 1 is 0.935 bits per heavy atom. The second-order valence-electron chi connectivity index (χ2n) is 8.38. The highest BCUT2D eigenvalue weighted by atomic mass is 32.2. The van der Waals surface area contributed by atoms with Gasteiger partial charge < -0.3 is 10.3 Å². The highest BCUT2D eigenvalue weighted by Gasteiger charge is 2.60. The van der Waals surface area contributed by atoms with Crippen LogP contribution in [-0.4, -0.2) is 24.1 Å². The molecule has 6 heteroatoms. The van der Waals surface area contributed by atoms with E-state index >= 15 is 0 Å². The molecule has 3 unspecified atom stereocenters. The summed E-state index contributed by atoms with van der Waals surface area (Å²) in [6.45, 7) is 0.580. The Morgan fingerprint density at radius 2 is 1.68 bits per heavy atom. The van der Waals surface area contributed by atoms with E-state index < -0.39 is 21.0 Å². The Labute approximate surface area is 180 Å². The van der Waals surface area contributed by atoms with Crippen LogP contribution in [0, 0.1) is 5.92 Å². The van der Waals surface area contributed by atoms with Gasteiger partial charge in [0.15, 0.2) is 9.84 Å². The molecule has 1 amide bonds. The number of amides is 1. The minimum absolute atomic E-state index is 0.0274. The van der Waals surface area contributed by atoms with Crippen LogP contribution in [-0.2, 0) is 16.4 Å². The summed E-state index contributed by atoms with van der Waals surface area (Å²) >= 11 is 0. The molecule has 5 nitrogen and oxygen atoms in total. The van der Waals surface area contributed by atoms with E-state index in [-0.39, 0.29) is 11.8 Å². The van der Waals surface area contributed by atoms with E-state index in [1.807, 2.05) is 30.3 Å². The molecule has 1 aromatic heterocycles. The summed E-state index contributed by atoms with van der Waals surface area (Å²) in [6.07, 6.45) is 0. The van der Waals surface area contributed by atoms with Gasteiger partial charge in [0.05, 0.1) is 10.1 Å². The summed E-state index contributed by atoms with van der Waals surface area (Å²) in [5.74, 6) is -0.545. The normalized spacial score (nSPS) is 21.6. The smallest absolute Gasteiger partial charge is 0.248 e. The number of nitrogens with zero attached hydrogens (tertiary/aromatic N) is 1. The summed E-state index contributed by atoms with van der Waals surface area (Å²) in [5, 5.41) is 0.553. The monoisotopic (exact) mass is 428 g/mol. The number of carbonyl (C=O) groups is 1. The predicted octanol–water partition coefficient (Wildman–Crippen LogP) is 3.98. The maximum Gasteiger partial charge on any atom is 0.248 e. The molecule has 6 rings (SSSR count). The number of benzene rings is 3. The second-order valence-corrected chi connectivity index (χ2v) is 10.5. The van der Waals surface area contributed by atoms with Crippen LogP contribution in [0.25, 0.3) is 22.2 Å². The number of hydrogen-bond acceptors (Lipinski definition) is 3. The fourth-order valence-electron chi connectivity index (χ4n) is 5.22. The fourth-order valence-corrected chi connectivity index (χ4v) is 7.43. The lowest BCUT2D eigenvalue weighted by Gasteiger charge is -2.13. The maximum atomic E-state index is 13.5. The predicted molar refractivity (Wildman–Crippen MR) is 120 cm³/mol. The Kier molecular flexibility index (Phi) is 3.74. The first-order valence-electron chi connectivity index (χ1n) is 10.3. The summed E-state index contributed by atoms with van der Waals surface area (Å²) in [5.41, 5.74) is 10.0. The van der Waals surface area contributed by atoms with Crippen LogP contribution in [0.4, 0.5) is 0 Å². The molecule has 2 N–H and O–H groups in total. The highest BCUT2D eigenvalue weighted by Crippen LogP contribution is 2.59. The Bertz CT molecular complexity index is 1470. The minimum atomic E-state index is -3.46. The van der Waals surface area contributed by atoms with Crippen molar-refractivity contribution >= 4 is 26.6 Å². The van der Waals surface area contributed by atoms with Crippen LogP contribution in [0.5, 0.6) is 0 Å². The fraction of sp³-hybridized carbons (Fsp3) is 0.160. The number of fused-ring (bicyclic) bond motifs is 7. The lowest BCUT2D eigenvalue weighted by atomic mass is 10.0. The standard InChI is InChI=1S/C25H20N2O3S/c26-25(28)16-11-10-15-12-22-18-8-4-5-9-19(18)23-20(14-27(22)21(15)13-16)24(23)31(29,30)17-6-2-1-3-7-17/h1-13,20,23-24H,14H2,(H2,26,28). The number of nitrogens with two attached hydrogens (primary N) is 1. The van der Waals surface area contributed by atoms with E-state index in [2.05, 4.69) is 22.8 Å². The molecule has 2 aliphatic rings. The van der Waals surface area contributed by atoms with Gasteiger partial charge in [0, 0.05) is 46.1 Å². The lowest BCUT2D eigenvalue weighted by Crippen LogP contribution is -2.14. The topological polar surface area (TPSA) is 82.2 Å². The van der Waals surface area contributed by atoms with Crippen molar-refractivity contribution in [2.24, 2.45) is 11.7 Å². The van der Waals surface area contributed by atoms with Gasteiger partial charge in [-0.05, 0) is 35.9 Å². The molecule has 1 aliphatic carbocycles. The molecule has 3 aromatic carbocycles.